The van der Waals surface area contributed by atoms with E-state index in [0.717, 1.165) is 19.4 Å². The molecule has 8 nitrogen and oxygen atoms in total. The van der Waals surface area contributed by atoms with Gasteiger partial charge in [-0.1, -0.05) is 0 Å². The highest BCUT2D eigenvalue weighted by Gasteiger charge is 2.28. The highest BCUT2D eigenvalue weighted by Crippen LogP contribution is 2.24. The molecule has 1 N–H and O–H groups in total. The van der Waals surface area contributed by atoms with Gasteiger partial charge in [0.15, 0.2) is 0 Å². The minimum absolute atomic E-state index is 0.0570. The summed E-state index contributed by atoms with van der Waals surface area (Å²) in [5.74, 6) is 0.609. The maximum Gasteiger partial charge on any atom is 0.321 e. The highest BCUT2D eigenvalue weighted by molar-refractivity contribution is 5.91. The van der Waals surface area contributed by atoms with Gasteiger partial charge in [0.05, 0.1) is 5.92 Å². The standard InChI is InChI=1S/C21H27N5O3/c1-15(2)24-21(28)25(3)17-7-9-18(10-8-17)29-19(27)16-6-4-13-26(14-16)20-22-11-5-12-23-20/h5,7-12,15-16H,4,6,13-14H2,1-3H3,(H,24,28). The molecule has 0 radical (unpaired) electrons. The molecule has 2 heterocycles. The Morgan fingerprint density at radius 3 is 2.55 bits per heavy atom. The van der Waals surface area contributed by atoms with Crippen molar-refractivity contribution in [1.29, 1.82) is 0 Å². The predicted octanol–water partition coefficient (Wildman–Crippen LogP) is 2.85. The SMILES string of the molecule is CC(C)NC(=O)N(C)c1ccc(OC(=O)C2CCCN(c3ncccn3)C2)cc1. The van der Waals surface area contributed by atoms with E-state index in [1.165, 1.54) is 4.90 Å². The number of nitrogens with zero attached hydrogens (tertiary/aromatic N) is 4. The van der Waals surface area contributed by atoms with Crippen molar-refractivity contribution in [2.45, 2.75) is 32.7 Å². The first kappa shape index (κ1) is 20.6. The Bertz CT molecular complexity index is 826. The number of carbonyl (C=O) groups excluding carboxylic acids is 2. The second-order valence-corrected chi connectivity index (χ2v) is 7.41. The average molecular weight is 397 g/mol. The third kappa shape index (κ3) is 5.43. The molecule has 0 bridgehead atoms. The van der Waals surface area contributed by atoms with Crippen molar-refractivity contribution in [3.05, 3.63) is 42.7 Å². The number of nitrogens with one attached hydrogen (secondary N) is 1. The van der Waals surface area contributed by atoms with Gasteiger partial charge in [-0.05, 0) is 57.0 Å². The van der Waals surface area contributed by atoms with Gasteiger partial charge >= 0.3 is 12.0 Å². The average Bonchev–Trinajstić information content (AvgIpc) is 2.74. The van der Waals surface area contributed by atoms with Gasteiger partial charge in [-0.3, -0.25) is 9.69 Å². The van der Waals surface area contributed by atoms with E-state index in [9.17, 15) is 9.59 Å². The van der Waals surface area contributed by atoms with E-state index >= 15 is 0 Å². The summed E-state index contributed by atoms with van der Waals surface area (Å²) in [6.45, 7) is 5.18. The zero-order valence-electron chi connectivity index (χ0n) is 17.0. The number of amides is 2. The van der Waals surface area contributed by atoms with Crippen LogP contribution in [0.2, 0.25) is 0 Å². The Kier molecular flexibility index (Phi) is 6.64. The number of aromatic nitrogens is 2. The molecule has 154 valence electrons. The van der Waals surface area contributed by atoms with Gasteiger partial charge in [0.2, 0.25) is 5.95 Å². The van der Waals surface area contributed by atoms with E-state index in [2.05, 4.69) is 15.3 Å². The number of ether oxygens (including phenoxy) is 1. The lowest BCUT2D eigenvalue weighted by molar-refractivity contribution is -0.139. The molecule has 1 unspecified atom stereocenters. The quantitative estimate of drug-likeness (QED) is 0.617. The van der Waals surface area contributed by atoms with Crippen molar-refractivity contribution in [1.82, 2.24) is 15.3 Å². The van der Waals surface area contributed by atoms with Crippen molar-refractivity contribution in [2.75, 3.05) is 29.9 Å². The van der Waals surface area contributed by atoms with E-state index in [1.54, 1.807) is 49.8 Å². The van der Waals surface area contributed by atoms with E-state index in [1.807, 2.05) is 18.7 Å². The molecule has 2 amide bonds. The highest BCUT2D eigenvalue weighted by atomic mass is 16.5. The van der Waals surface area contributed by atoms with E-state index in [-0.39, 0.29) is 24.0 Å². The fourth-order valence-corrected chi connectivity index (χ4v) is 3.20. The van der Waals surface area contributed by atoms with Crippen molar-refractivity contribution in [2.24, 2.45) is 5.92 Å². The van der Waals surface area contributed by atoms with Crippen molar-refractivity contribution < 1.29 is 14.3 Å². The van der Waals surface area contributed by atoms with Gasteiger partial charge in [0.1, 0.15) is 5.75 Å². The van der Waals surface area contributed by atoms with Crippen LogP contribution < -0.4 is 19.9 Å². The number of carbonyl (C=O) groups is 2. The van der Waals surface area contributed by atoms with Gasteiger partial charge in [0.25, 0.3) is 0 Å². The molecule has 0 spiro atoms. The lowest BCUT2D eigenvalue weighted by Gasteiger charge is -2.31. The maximum absolute atomic E-state index is 12.6. The fraction of sp³-hybridized carbons (Fsp3) is 0.429. The van der Waals surface area contributed by atoms with Crippen molar-refractivity contribution in [3.8, 4) is 5.75 Å². The van der Waals surface area contributed by atoms with Gasteiger partial charge in [0, 0.05) is 44.3 Å². The molecule has 2 aromatic rings. The lowest BCUT2D eigenvalue weighted by atomic mass is 9.98. The number of piperidine rings is 1. The molecule has 1 atom stereocenters. The molecule has 29 heavy (non-hydrogen) atoms. The summed E-state index contributed by atoms with van der Waals surface area (Å²) < 4.78 is 5.57. The van der Waals surface area contributed by atoms with Gasteiger partial charge in [-0.15, -0.1) is 0 Å². The topological polar surface area (TPSA) is 87.7 Å². The fourth-order valence-electron chi connectivity index (χ4n) is 3.20. The minimum atomic E-state index is -0.260. The van der Waals surface area contributed by atoms with E-state index in [0.29, 0.717) is 23.9 Å². The second kappa shape index (κ2) is 9.36. The van der Waals surface area contributed by atoms with Crippen LogP contribution in [0.4, 0.5) is 16.4 Å². The summed E-state index contributed by atoms with van der Waals surface area (Å²) in [6.07, 6.45) is 5.06. The van der Waals surface area contributed by atoms with Crippen LogP contribution in [-0.2, 0) is 4.79 Å². The summed E-state index contributed by atoms with van der Waals surface area (Å²) in [7, 11) is 1.70. The van der Waals surface area contributed by atoms with Crippen LogP contribution >= 0.6 is 0 Å². The van der Waals surface area contributed by atoms with Crippen molar-refractivity contribution >= 4 is 23.6 Å². The molecular formula is C21H27N5O3. The molecule has 1 aromatic heterocycles. The second-order valence-electron chi connectivity index (χ2n) is 7.41. The van der Waals surface area contributed by atoms with Crippen LogP contribution in [0.3, 0.4) is 0 Å². The minimum Gasteiger partial charge on any atom is -0.426 e. The maximum atomic E-state index is 12.6. The summed E-state index contributed by atoms with van der Waals surface area (Å²) in [5, 5.41) is 2.84. The van der Waals surface area contributed by atoms with Crippen LogP contribution in [0.15, 0.2) is 42.7 Å². The molecular weight excluding hydrogens is 370 g/mol. The molecule has 8 heteroatoms. The monoisotopic (exact) mass is 397 g/mol. The molecule has 3 rings (SSSR count). The Balaban J connectivity index is 1.58. The zero-order chi connectivity index (χ0) is 20.8. The Labute approximate surface area is 170 Å². The molecule has 0 saturated carbocycles. The van der Waals surface area contributed by atoms with Crippen LogP contribution in [-0.4, -0.2) is 48.1 Å². The Hall–Kier alpha value is -3.16. The molecule has 1 saturated heterocycles. The first-order valence-electron chi connectivity index (χ1n) is 9.82. The molecule has 0 aliphatic carbocycles. The van der Waals surface area contributed by atoms with Gasteiger partial charge in [-0.2, -0.15) is 0 Å². The third-order valence-corrected chi connectivity index (χ3v) is 4.75. The van der Waals surface area contributed by atoms with Crippen LogP contribution in [0.25, 0.3) is 0 Å². The number of rotatable bonds is 5. The first-order valence-corrected chi connectivity index (χ1v) is 9.82. The van der Waals surface area contributed by atoms with Gasteiger partial charge in [-0.25, -0.2) is 14.8 Å². The molecule has 1 aromatic carbocycles. The normalized spacial score (nSPS) is 16.4. The number of hydrogen-bond donors (Lipinski definition) is 1. The third-order valence-electron chi connectivity index (χ3n) is 4.75. The Morgan fingerprint density at radius 1 is 1.21 bits per heavy atom. The van der Waals surface area contributed by atoms with Crippen LogP contribution in [0.5, 0.6) is 5.75 Å². The van der Waals surface area contributed by atoms with Crippen molar-refractivity contribution in [3.63, 3.8) is 0 Å². The predicted molar refractivity (Wildman–Crippen MR) is 111 cm³/mol. The first-order chi connectivity index (χ1) is 13.9. The number of benzene rings is 1. The van der Waals surface area contributed by atoms with E-state index < -0.39 is 0 Å². The summed E-state index contributed by atoms with van der Waals surface area (Å²) >= 11 is 0. The molecule has 1 fully saturated rings. The largest absolute Gasteiger partial charge is 0.426 e. The van der Waals surface area contributed by atoms with Crippen LogP contribution in [0, 0.1) is 5.92 Å². The zero-order valence-corrected chi connectivity index (χ0v) is 17.0. The van der Waals surface area contributed by atoms with Gasteiger partial charge < -0.3 is 15.0 Å². The summed E-state index contributed by atoms with van der Waals surface area (Å²) in [6, 6.07) is 8.56. The smallest absolute Gasteiger partial charge is 0.321 e. The number of anilines is 2. The summed E-state index contributed by atoms with van der Waals surface area (Å²) in [5.41, 5.74) is 0.716. The number of hydrogen-bond acceptors (Lipinski definition) is 6. The Morgan fingerprint density at radius 2 is 1.90 bits per heavy atom. The molecule has 1 aliphatic heterocycles. The lowest BCUT2D eigenvalue weighted by Crippen LogP contribution is -2.41. The number of urea groups is 1. The van der Waals surface area contributed by atoms with Crippen LogP contribution in [0.1, 0.15) is 26.7 Å². The molecule has 1 aliphatic rings. The van der Waals surface area contributed by atoms with E-state index in [4.69, 9.17) is 4.74 Å². The number of esters is 1. The summed E-state index contributed by atoms with van der Waals surface area (Å²) in [4.78, 5) is 36.8.